The van der Waals surface area contributed by atoms with E-state index in [-0.39, 0.29) is 0 Å². The number of para-hydroxylation sites is 1. The van der Waals surface area contributed by atoms with Gasteiger partial charge in [-0.15, -0.1) is 0 Å². The van der Waals surface area contributed by atoms with E-state index in [2.05, 4.69) is 46.3 Å². The summed E-state index contributed by atoms with van der Waals surface area (Å²) in [5.41, 5.74) is 0. The van der Waals surface area contributed by atoms with E-state index in [9.17, 15) is 0 Å². The summed E-state index contributed by atoms with van der Waals surface area (Å²) in [4.78, 5) is 11.5. The van der Waals surface area contributed by atoms with Crippen molar-refractivity contribution in [3.05, 3.63) is 36.4 Å². The number of hydrogen-bond acceptors (Lipinski definition) is 5. The minimum Gasteiger partial charge on any atom is -0.439 e. The molecule has 6 nitrogen and oxygen atoms in total. The number of anilines is 2. The first-order valence-corrected chi connectivity index (χ1v) is 10.3. The van der Waals surface area contributed by atoms with Gasteiger partial charge in [0.2, 0.25) is 11.8 Å². The molecule has 0 saturated carbocycles. The highest BCUT2D eigenvalue weighted by Crippen LogP contribution is 2.27. The molecule has 0 amide bonds. The first kappa shape index (κ1) is 20.3. The summed E-state index contributed by atoms with van der Waals surface area (Å²) in [6.45, 7) is 9.33. The molecule has 0 spiro atoms. The molecule has 0 bridgehead atoms. The van der Waals surface area contributed by atoms with Crippen molar-refractivity contribution in [1.29, 1.82) is 0 Å². The minimum atomic E-state index is 0.448. The summed E-state index contributed by atoms with van der Waals surface area (Å²) in [6.07, 6.45) is 2.33. The maximum absolute atomic E-state index is 5.97. The quantitative estimate of drug-likeness (QED) is 0.696. The Hall–Kier alpha value is -2.41. The van der Waals surface area contributed by atoms with Crippen molar-refractivity contribution in [2.45, 2.75) is 33.6 Å². The Morgan fingerprint density at radius 2 is 1.93 bits per heavy atom. The van der Waals surface area contributed by atoms with Gasteiger partial charge in [-0.25, -0.2) is 0 Å². The van der Waals surface area contributed by atoms with Crippen molar-refractivity contribution in [3.8, 4) is 11.6 Å². The third-order valence-corrected chi connectivity index (χ3v) is 4.90. The first-order valence-electron chi connectivity index (χ1n) is 9.91. The van der Waals surface area contributed by atoms with E-state index in [4.69, 9.17) is 17.0 Å². The Balaban J connectivity index is 1.80. The van der Waals surface area contributed by atoms with Gasteiger partial charge < -0.3 is 20.3 Å². The van der Waals surface area contributed by atoms with Crippen LogP contribution in [0.3, 0.4) is 0 Å². The van der Waals surface area contributed by atoms with Crippen LogP contribution in [0, 0.1) is 11.8 Å². The second-order valence-corrected chi connectivity index (χ2v) is 8.11. The minimum absolute atomic E-state index is 0.448. The van der Waals surface area contributed by atoms with Gasteiger partial charge in [0.05, 0.1) is 0 Å². The number of piperidine rings is 1. The zero-order valence-electron chi connectivity index (χ0n) is 16.8. The van der Waals surface area contributed by atoms with Crippen LogP contribution in [0.5, 0.6) is 11.6 Å². The fourth-order valence-corrected chi connectivity index (χ4v) is 3.15. The van der Waals surface area contributed by atoms with Gasteiger partial charge in [0.15, 0.2) is 5.11 Å². The van der Waals surface area contributed by atoms with E-state index in [0.717, 1.165) is 50.0 Å². The van der Waals surface area contributed by atoms with Gasteiger partial charge in [0, 0.05) is 25.7 Å². The van der Waals surface area contributed by atoms with Crippen molar-refractivity contribution in [2.24, 2.45) is 11.8 Å². The summed E-state index contributed by atoms with van der Waals surface area (Å²) in [5.74, 6) is 3.81. The summed E-state index contributed by atoms with van der Waals surface area (Å²) in [7, 11) is 0. The number of thiocarbonyl (C=S) groups is 1. The van der Waals surface area contributed by atoms with Crippen LogP contribution in [0.2, 0.25) is 0 Å². The van der Waals surface area contributed by atoms with Crippen LogP contribution in [-0.4, -0.2) is 34.7 Å². The smallest absolute Gasteiger partial charge is 0.234 e. The van der Waals surface area contributed by atoms with E-state index in [1.54, 1.807) is 0 Å². The van der Waals surface area contributed by atoms with Crippen molar-refractivity contribution < 1.29 is 4.74 Å². The lowest BCUT2D eigenvalue weighted by Crippen LogP contribution is -2.34. The molecule has 1 aromatic heterocycles. The first-order chi connectivity index (χ1) is 13.5. The molecule has 1 saturated heterocycles. The molecule has 1 aromatic carbocycles. The molecule has 0 aliphatic carbocycles. The molecule has 2 heterocycles. The molecule has 1 aliphatic heterocycles. The van der Waals surface area contributed by atoms with E-state index < -0.39 is 0 Å². The number of nitrogens with one attached hydrogen (secondary N) is 2. The maximum atomic E-state index is 5.97. The third kappa shape index (κ3) is 6.05. The summed E-state index contributed by atoms with van der Waals surface area (Å²) < 4.78 is 5.97. The van der Waals surface area contributed by atoms with E-state index >= 15 is 0 Å². The molecular weight excluding hydrogens is 370 g/mol. The van der Waals surface area contributed by atoms with Crippen LogP contribution >= 0.6 is 12.2 Å². The van der Waals surface area contributed by atoms with Gasteiger partial charge in [-0.3, -0.25) is 0 Å². The molecule has 7 heteroatoms. The molecule has 150 valence electrons. The Bertz CT molecular complexity index is 776. The Morgan fingerprint density at radius 1 is 1.21 bits per heavy atom. The van der Waals surface area contributed by atoms with E-state index in [1.807, 2.05) is 36.4 Å². The lowest BCUT2D eigenvalue weighted by molar-refractivity contribution is 0.434. The number of aromatic nitrogens is 2. The highest BCUT2D eigenvalue weighted by atomic mass is 32.1. The van der Waals surface area contributed by atoms with Crippen molar-refractivity contribution in [1.82, 2.24) is 15.3 Å². The normalized spacial score (nSPS) is 14.8. The highest BCUT2D eigenvalue weighted by molar-refractivity contribution is 7.80. The number of hydrogen-bond donors (Lipinski definition) is 2. The summed E-state index contributed by atoms with van der Waals surface area (Å²) in [6, 6.07) is 11.6. The van der Waals surface area contributed by atoms with Crippen molar-refractivity contribution >= 4 is 29.1 Å². The number of benzene rings is 1. The van der Waals surface area contributed by atoms with Gasteiger partial charge in [0.25, 0.3) is 0 Å². The predicted molar refractivity (Wildman–Crippen MR) is 118 cm³/mol. The maximum Gasteiger partial charge on any atom is 0.234 e. The van der Waals surface area contributed by atoms with Gasteiger partial charge in [0.1, 0.15) is 11.6 Å². The van der Waals surface area contributed by atoms with Crippen LogP contribution in [-0.2, 0) is 0 Å². The number of nitrogens with zero attached hydrogens (tertiary/aromatic N) is 3. The molecule has 1 fully saturated rings. The van der Waals surface area contributed by atoms with Gasteiger partial charge in [-0.05, 0) is 49.0 Å². The molecule has 3 rings (SSSR count). The third-order valence-electron chi connectivity index (χ3n) is 4.66. The van der Waals surface area contributed by atoms with Crippen LogP contribution < -0.4 is 20.3 Å². The average molecular weight is 400 g/mol. The zero-order valence-corrected chi connectivity index (χ0v) is 17.6. The lowest BCUT2D eigenvalue weighted by Gasteiger charge is -2.31. The second-order valence-electron chi connectivity index (χ2n) is 7.70. The monoisotopic (exact) mass is 399 g/mol. The van der Waals surface area contributed by atoms with Crippen LogP contribution in [0.15, 0.2) is 36.4 Å². The molecular formula is C21H29N5OS. The fourth-order valence-electron chi connectivity index (χ4n) is 2.97. The topological polar surface area (TPSA) is 62.3 Å². The molecule has 2 aromatic rings. The Labute approximate surface area is 172 Å². The highest BCUT2D eigenvalue weighted by Gasteiger charge is 2.19. The molecule has 1 aliphatic rings. The van der Waals surface area contributed by atoms with Crippen LogP contribution in [0.25, 0.3) is 0 Å². The number of rotatable bonds is 6. The summed E-state index contributed by atoms with van der Waals surface area (Å²) in [5, 5.41) is 6.81. The number of ether oxygens (including phenoxy) is 1. The zero-order chi connectivity index (χ0) is 19.9. The molecule has 28 heavy (non-hydrogen) atoms. The SMILES string of the molecule is CC(C)CNC(=S)Nc1nc(Oc2ccccc2)cc(N2CCC(C)CC2)n1. The Morgan fingerprint density at radius 3 is 2.61 bits per heavy atom. The van der Waals surface area contributed by atoms with Gasteiger partial charge in [-0.2, -0.15) is 9.97 Å². The molecule has 0 atom stereocenters. The fraction of sp³-hybridized carbons (Fsp3) is 0.476. The van der Waals surface area contributed by atoms with Gasteiger partial charge in [-0.1, -0.05) is 39.0 Å². The lowest BCUT2D eigenvalue weighted by atomic mass is 9.99. The van der Waals surface area contributed by atoms with Crippen molar-refractivity contribution in [3.63, 3.8) is 0 Å². The molecule has 0 radical (unpaired) electrons. The van der Waals surface area contributed by atoms with Crippen LogP contribution in [0.4, 0.5) is 11.8 Å². The Kier molecular flexibility index (Phi) is 7.03. The van der Waals surface area contributed by atoms with Gasteiger partial charge >= 0.3 is 0 Å². The van der Waals surface area contributed by atoms with Crippen LogP contribution in [0.1, 0.15) is 33.6 Å². The van der Waals surface area contributed by atoms with E-state index in [0.29, 0.717) is 22.9 Å². The van der Waals surface area contributed by atoms with E-state index in [1.165, 1.54) is 0 Å². The molecule has 2 N–H and O–H groups in total. The molecule has 0 unspecified atom stereocenters. The second kappa shape index (κ2) is 9.68. The standard InChI is InChI=1S/C21H29N5OS/c1-15(2)14-22-21(28)25-20-23-18(26-11-9-16(3)10-12-26)13-19(24-20)27-17-7-5-4-6-8-17/h4-8,13,15-16H,9-12,14H2,1-3H3,(H2,22,23,24,25,28). The summed E-state index contributed by atoms with van der Waals surface area (Å²) >= 11 is 5.39. The largest absolute Gasteiger partial charge is 0.439 e. The predicted octanol–water partition coefficient (Wildman–Crippen LogP) is 4.45. The average Bonchev–Trinajstić information content (AvgIpc) is 2.67. The van der Waals surface area contributed by atoms with Crippen molar-refractivity contribution in [2.75, 3.05) is 29.9 Å².